The Morgan fingerprint density at radius 2 is 1.95 bits per heavy atom. The molecule has 120 valence electrons. The fourth-order valence-corrected chi connectivity index (χ4v) is 2.85. The van der Waals surface area contributed by atoms with Gasteiger partial charge in [0.1, 0.15) is 0 Å². The molecule has 0 aliphatic carbocycles. The number of carbonyl (C=O) groups is 1. The topological polar surface area (TPSA) is 86.7 Å². The van der Waals surface area contributed by atoms with Gasteiger partial charge in [0.15, 0.2) is 0 Å². The van der Waals surface area contributed by atoms with Gasteiger partial charge in [0.2, 0.25) is 0 Å². The van der Waals surface area contributed by atoms with E-state index in [0.29, 0.717) is 25.9 Å². The summed E-state index contributed by atoms with van der Waals surface area (Å²) in [5.41, 5.74) is 0. The number of carboxylic acids is 1. The summed E-state index contributed by atoms with van der Waals surface area (Å²) in [5, 5.41) is 8.65. The van der Waals surface area contributed by atoms with E-state index in [4.69, 9.17) is 5.11 Å². The van der Waals surface area contributed by atoms with Gasteiger partial charge in [-0.3, -0.25) is 4.79 Å². The maximum absolute atomic E-state index is 11.9. The van der Waals surface area contributed by atoms with Crippen LogP contribution in [0.25, 0.3) is 0 Å². The van der Waals surface area contributed by atoms with Crippen LogP contribution in [0.5, 0.6) is 0 Å². The summed E-state index contributed by atoms with van der Waals surface area (Å²) in [6, 6.07) is 0. The minimum Gasteiger partial charge on any atom is -0.481 e. The molecule has 0 saturated carbocycles. The molecule has 0 aromatic carbocycles. The zero-order valence-corrected chi connectivity index (χ0v) is 13.6. The third-order valence-electron chi connectivity index (χ3n) is 3.42. The smallest absolute Gasteiger partial charge is 0.303 e. The van der Waals surface area contributed by atoms with E-state index in [-0.39, 0.29) is 12.3 Å². The van der Waals surface area contributed by atoms with Gasteiger partial charge >= 0.3 is 5.97 Å². The van der Waals surface area contributed by atoms with E-state index in [1.165, 1.54) is 4.31 Å². The number of unbranched alkanes of at least 4 members (excludes halogenated alkanes) is 1. The molecule has 7 heteroatoms. The van der Waals surface area contributed by atoms with Crippen LogP contribution in [-0.2, 0) is 15.0 Å². The molecule has 1 atom stereocenters. The van der Waals surface area contributed by atoms with Crippen LogP contribution in [-0.4, -0.2) is 43.9 Å². The first-order chi connectivity index (χ1) is 9.33. The molecular weight excluding hydrogens is 280 g/mol. The largest absolute Gasteiger partial charge is 0.481 e. The number of nitrogens with one attached hydrogen (secondary N) is 1. The average Bonchev–Trinajstić information content (AvgIpc) is 2.39. The second-order valence-corrected chi connectivity index (χ2v) is 6.93. The second kappa shape index (κ2) is 10.1. The van der Waals surface area contributed by atoms with E-state index < -0.39 is 16.2 Å². The van der Waals surface area contributed by atoms with Crippen LogP contribution in [0.4, 0.5) is 0 Å². The molecule has 0 fully saturated rings. The number of hydrogen-bond acceptors (Lipinski definition) is 3. The Morgan fingerprint density at radius 3 is 2.45 bits per heavy atom. The van der Waals surface area contributed by atoms with Gasteiger partial charge in [0, 0.05) is 26.6 Å². The van der Waals surface area contributed by atoms with Crippen molar-refractivity contribution in [1.29, 1.82) is 0 Å². The van der Waals surface area contributed by atoms with E-state index >= 15 is 0 Å². The van der Waals surface area contributed by atoms with Crippen LogP contribution in [0.3, 0.4) is 0 Å². The standard InChI is InChI=1S/C13H28N2O4S/c1-4-6-11-15(3)20(18,19)14-10-9-12(5-2)7-8-13(16)17/h12,14H,4-11H2,1-3H3,(H,16,17). The Kier molecular flexibility index (Phi) is 9.79. The summed E-state index contributed by atoms with van der Waals surface area (Å²) >= 11 is 0. The van der Waals surface area contributed by atoms with Crippen LogP contribution in [0, 0.1) is 5.92 Å². The van der Waals surface area contributed by atoms with Gasteiger partial charge in [-0.05, 0) is 25.2 Å². The first-order valence-corrected chi connectivity index (χ1v) is 8.70. The van der Waals surface area contributed by atoms with Gasteiger partial charge in [-0.25, -0.2) is 4.72 Å². The molecule has 0 radical (unpaired) electrons. The van der Waals surface area contributed by atoms with Crippen molar-refractivity contribution < 1.29 is 18.3 Å². The lowest BCUT2D eigenvalue weighted by Gasteiger charge is -2.19. The van der Waals surface area contributed by atoms with E-state index in [0.717, 1.165) is 19.3 Å². The van der Waals surface area contributed by atoms with Crippen molar-refractivity contribution in [3.8, 4) is 0 Å². The van der Waals surface area contributed by atoms with Gasteiger partial charge in [-0.15, -0.1) is 0 Å². The zero-order chi connectivity index (χ0) is 15.6. The molecule has 1 unspecified atom stereocenters. The summed E-state index contributed by atoms with van der Waals surface area (Å²) in [4.78, 5) is 10.5. The van der Waals surface area contributed by atoms with E-state index in [2.05, 4.69) is 4.72 Å². The summed E-state index contributed by atoms with van der Waals surface area (Å²) in [7, 11) is -1.83. The quantitative estimate of drug-likeness (QED) is 0.576. The number of nitrogens with zero attached hydrogens (tertiary/aromatic N) is 1. The van der Waals surface area contributed by atoms with Crippen LogP contribution in [0.1, 0.15) is 52.4 Å². The third kappa shape index (κ3) is 8.50. The molecule has 0 aromatic heterocycles. The van der Waals surface area contributed by atoms with E-state index in [1.807, 2.05) is 13.8 Å². The van der Waals surface area contributed by atoms with Crippen molar-refractivity contribution in [1.82, 2.24) is 9.03 Å². The second-order valence-electron chi connectivity index (χ2n) is 5.07. The molecule has 20 heavy (non-hydrogen) atoms. The Hall–Kier alpha value is -0.660. The number of carboxylic acid groups (broad SMARTS) is 1. The van der Waals surface area contributed by atoms with E-state index in [1.54, 1.807) is 7.05 Å². The number of hydrogen-bond donors (Lipinski definition) is 2. The molecule has 0 spiro atoms. The number of rotatable bonds is 12. The summed E-state index contributed by atoms with van der Waals surface area (Å²) in [6.07, 6.45) is 4.06. The maximum atomic E-state index is 11.9. The first kappa shape index (κ1) is 19.3. The zero-order valence-electron chi connectivity index (χ0n) is 12.8. The molecule has 0 aliphatic heterocycles. The van der Waals surface area contributed by atoms with Crippen LogP contribution < -0.4 is 4.72 Å². The molecule has 6 nitrogen and oxygen atoms in total. The third-order valence-corrected chi connectivity index (χ3v) is 4.99. The first-order valence-electron chi connectivity index (χ1n) is 7.26. The normalized spacial score (nSPS) is 13.6. The average molecular weight is 308 g/mol. The maximum Gasteiger partial charge on any atom is 0.303 e. The van der Waals surface area contributed by atoms with Crippen molar-refractivity contribution in [3.63, 3.8) is 0 Å². The molecular formula is C13H28N2O4S. The van der Waals surface area contributed by atoms with E-state index in [9.17, 15) is 13.2 Å². The van der Waals surface area contributed by atoms with Gasteiger partial charge < -0.3 is 5.11 Å². The summed E-state index contributed by atoms with van der Waals surface area (Å²) < 4.78 is 27.7. The molecule has 0 amide bonds. The van der Waals surface area contributed by atoms with Crippen molar-refractivity contribution in [3.05, 3.63) is 0 Å². The predicted octanol–water partition coefficient (Wildman–Crippen LogP) is 1.83. The molecule has 0 rings (SSSR count). The Bertz CT molecular complexity index is 371. The van der Waals surface area contributed by atoms with Gasteiger partial charge in [-0.2, -0.15) is 12.7 Å². The SMILES string of the molecule is CCCCN(C)S(=O)(=O)NCCC(CC)CCC(=O)O. The van der Waals surface area contributed by atoms with Gasteiger partial charge in [0.05, 0.1) is 0 Å². The highest BCUT2D eigenvalue weighted by Crippen LogP contribution is 2.14. The van der Waals surface area contributed by atoms with Crippen LogP contribution >= 0.6 is 0 Å². The summed E-state index contributed by atoms with van der Waals surface area (Å²) in [6.45, 7) is 4.88. The van der Waals surface area contributed by atoms with Crippen molar-refractivity contribution in [2.75, 3.05) is 20.1 Å². The minimum atomic E-state index is -3.40. The fraction of sp³-hybridized carbons (Fsp3) is 0.923. The Balaban J connectivity index is 4.09. The number of aliphatic carboxylic acids is 1. The lowest BCUT2D eigenvalue weighted by molar-refractivity contribution is -0.137. The fourth-order valence-electron chi connectivity index (χ4n) is 1.88. The molecule has 0 saturated heterocycles. The molecule has 0 heterocycles. The van der Waals surface area contributed by atoms with Gasteiger partial charge in [-0.1, -0.05) is 26.7 Å². The Morgan fingerprint density at radius 1 is 1.30 bits per heavy atom. The predicted molar refractivity (Wildman–Crippen MR) is 79.7 cm³/mol. The molecule has 2 N–H and O–H groups in total. The van der Waals surface area contributed by atoms with Crippen LogP contribution in [0.2, 0.25) is 0 Å². The van der Waals surface area contributed by atoms with Crippen molar-refractivity contribution in [2.24, 2.45) is 5.92 Å². The molecule has 0 aromatic rings. The lowest BCUT2D eigenvalue weighted by Crippen LogP contribution is -2.39. The van der Waals surface area contributed by atoms with Gasteiger partial charge in [0.25, 0.3) is 10.2 Å². The highest BCUT2D eigenvalue weighted by molar-refractivity contribution is 7.87. The van der Waals surface area contributed by atoms with Crippen LogP contribution in [0.15, 0.2) is 0 Å². The molecule has 0 bridgehead atoms. The molecule has 0 aliphatic rings. The minimum absolute atomic E-state index is 0.141. The van der Waals surface area contributed by atoms with Crippen molar-refractivity contribution in [2.45, 2.75) is 52.4 Å². The highest BCUT2D eigenvalue weighted by atomic mass is 32.2. The monoisotopic (exact) mass is 308 g/mol. The lowest BCUT2D eigenvalue weighted by atomic mass is 9.97. The highest BCUT2D eigenvalue weighted by Gasteiger charge is 2.17. The van der Waals surface area contributed by atoms with Crippen molar-refractivity contribution >= 4 is 16.2 Å². The Labute approximate surface area is 122 Å². The summed E-state index contributed by atoms with van der Waals surface area (Å²) in [5.74, 6) is -0.557.